The van der Waals surface area contributed by atoms with Gasteiger partial charge < -0.3 is 0 Å². The zero-order valence-corrected chi connectivity index (χ0v) is 12.8. The van der Waals surface area contributed by atoms with Crippen LogP contribution in [0.2, 0.25) is 0 Å². The van der Waals surface area contributed by atoms with Gasteiger partial charge in [0, 0.05) is 17.0 Å². The van der Waals surface area contributed by atoms with Crippen LogP contribution in [-0.2, 0) is 16.6 Å². The van der Waals surface area contributed by atoms with E-state index in [4.69, 9.17) is 0 Å². The summed E-state index contributed by atoms with van der Waals surface area (Å²) in [5.41, 5.74) is 1.96. The van der Waals surface area contributed by atoms with E-state index in [9.17, 15) is 8.42 Å². The van der Waals surface area contributed by atoms with Gasteiger partial charge in [-0.15, -0.1) is 11.3 Å². The van der Waals surface area contributed by atoms with Gasteiger partial charge in [0.05, 0.1) is 10.9 Å². The fraction of sp³-hybridized carbons (Fsp3) is 0.357. The smallest absolute Gasteiger partial charge is 0.214 e. The highest BCUT2D eigenvalue weighted by Crippen LogP contribution is 2.30. The quantitative estimate of drug-likeness (QED) is 0.924. The lowest BCUT2D eigenvalue weighted by atomic mass is 10.2. The molecule has 0 saturated heterocycles. The van der Waals surface area contributed by atoms with Gasteiger partial charge in [-0.05, 0) is 19.8 Å². The molecule has 0 unspecified atom stereocenters. The summed E-state index contributed by atoms with van der Waals surface area (Å²) in [6.45, 7) is 2.26. The Morgan fingerprint density at radius 1 is 1.30 bits per heavy atom. The van der Waals surface area contributed by atoms with Crippen molar-refractivity contribution in [3.05, 3.63) is 40.9 Å². The molecule has 1 aromatic carbocycles. The van der Waals surface area contributed by atoms with Crippen molar-refractivity contribution in [1.82, 2.24) is 9.71 Å². The maximum Gasteiger partial charge on any atom is 0.214 e. The van der Waals surface area contributed by atoms with Crippen LogP contribution in [0.3, 0.4) is 0 Å². The minimum absolute atomic E-state index is 0.177. The number of nitrogens with zero attached hydrogens (tertiary/aromatic N) is 1. The number of hydrogen-bond acceptors (Lipinski definition) is 4. The molecule has 0 atom stereocenters. The molecule has 0 aliphatic heterocycles. The van der Waals surface area contributed by atoms with Crippen LogP contribution < -0.4 is 4.72 Å². The molecule has 1 heterocycles. The zero-order valence-electron chi connectivity index (χ0n) is 11.2. The standard InChI is InChI=1S/C14H16N2O2S2/c1-10-13(9-15-20(17,18)12-7-8-12)19-14(16-10)11-5-3-2-4-6-11/h2-6,12,15H,7-9H2,1H3. The summed E-state index contributed by atoms with van der Waals surface area (Å²) in [6.07, 6.45) is 1.57. The average Bonchev–Trinajstić information content (AvgIpc) is 3.23. The first-order valence-electron chi connectivity index (χ1n) is 6.56. The van der Waals surface area contributed by atoms with E-state index >= 15 is 0 Å². The topological polar surface area (TPSA) is 59.1 Å². The molecule has 4 nitrogen and oxygen atoms in total. The first kappa shape index (κ1) is 13.7. The lowest BCUT2D eigenvalue weighted by Gasteiger charge is -2.03. The molecule has 1 saturated carbocycles. The molecule has 106 valence electrons. The number of hydrogen-bond donors (Lipinski definition) is 1. The number of aryl methyl sites for hydroxylation is 1. The molecule has 0 amide bonds. The molecule has 0 radical (unpaired) electrons. The molecule has 1 fully saturated rings. The molecule has 1 aliphatic rings. The summed E-state index contributed by atoms with van der Waals surface area (Å²) >= 11 is 1.55. The van der Waals surface area contributed by atoms with Crippen molar-refractivity contribution in [2.75, 3.05) is 0 Å². The summed E-state index contributed by atoms with van der Waals surface area (Å²) in [7, 11) is -3.13. The van der Waals surface area contributed by atoms with Crippen molar-refractivity contribution in [1.29, 1.82) is 0 Å². The van der Waals surface area contributed by atoms with Crippen molar-refractivity contribution in [3.63, 3.8) is 0 Å². The predicted molar refractivity (Wildman–Crippen MR) is 81.1 cm³/mol. The number of thiazole rings is 1. The van der Waals surface area contributed by atoms with Crippen molar-refractivity contribution in [2.45, 2.75) is 31.6 Å². The molecule has 3 rings (SSSR count). The SMILES string of the molecule is Cc1nc(-c2ccccc2)sc1CNS(=O)(=O)C1CC1. The normalized spacial score (nSPS) is 15.4. The Morgan fingerprint density at radius 3 is 2.65 bits per heavy atom. The number of benzene rings is 1. The Balaban J connectivity index is 1.76. The maximum atomic E-state index is 11.8. The Morgan fingerprint density at radius 2 is 2.00 bits per heavy atom. The molecule has 20 heavy (non-hydrogen) atoms. The van der Waals surface area contributed by atoms with Crippen molar-refractivity contribution < 1.29 is 8.42 Å². The van der Waals surface area contributed by atoms with Gasteiger partial charge in [-0.25, -0.2) is 18.1 Å². The van der Waals surface area contributed by atoms with Gasteiger partial charge in [0.25, 0.3) is 0 Å². The Labute approximate surface area is 122 Å². The Hall–Kier alpha value is -1.24. The van der Waals surface area contributed by atoms with Gasteiger partial charge in [-0.2, -0.15) is 0 Å². The van der Waals surface area contributed by atoms with Crippen LogP contribution >= 0.6 is 11.3 Å². The van der Waals surface area contributed by atoms with E-state index < -0.39 is 10.0 Å². The first-order chi connectivity index (χ1) is 9.56. The second kappa shape index (κ2) is 5.27. The van der Waals surface area contributed by atoms with Crippen LogP contribution in [0.1, 0.15) is 23.4 Å². The molecule has 1 aliphatic carbocycles. The van der Waals surface area contributed by atoms with Crippen molar-refractivity contribution in [2.24, 2.45) is 0 Å². The minimum Gasteiger partial charge on any atom is -0.241 e. The molecule has 1 N–H and O–H groups in total. The van der Waals surface area contributed by atoms with E-state index in [0.717, 1.165) is 34.0 Å². The molecule has 6 heteroatoms. The van der Waals surface area contributed by atoms with Crippen LogP contribution in [0.15, 0.2) is 30.3 Å². The fourth-order valence-electron chi connectivity index (χ4n) is 1.96. The summed E-state index contributed by atoms with van der Waals surface area (Å²) in [4.78, 5) is 5.51. The number of nitrogens with one attached hydrogen (secondary N) is 1. The van der Waals surface area contributed by atoms with Crippen LogP contribution in [0.5, 0.6) is 0 Å². The third-order valence-corrected chi connectivity index (χ3v) is 6.41. The maximum absolute atomic E-state index is 11.8. The van der Waals surface area contributed by atoms with Gasteiger partial charge in [-0.1, -0.05) is 30.3 Å². The summed E-state index contributed by atoms with van der Waals surface area (Å²) in [5.74, 6) is 0. The third-order valence-electron chi connectivity index (χ3n) is 3.31. The molecule has 0 spiro atoms. The largest absolute Gasteiger partial charge is 0.241 e. The number of rotatable bonds is 5. The van der Waals surface area contributed by atoms with E-state index in [1.807, 2.05) is 37.3 Å². The predicted octanol–water partition coefficient (Wildman–Crippen LogP) is 2.70. The van der Waals surface area contributed by atoms with Crippen LogP contribution in [0, 0.1) is 6.92 Å². The van der Waals surface area contributed by atoms with Crippen LogP contribution in [-0.4, -0.2) is 18.7 Å². The first-order valence-corrected chi connectivity index (χ1v) is 8.93. The second-order valence-electron chi connectivity index (χ2n) is 4.96. The van der Waals surface area contributed by atoms with Gasteiger partial charge in [0.2, 0.25) is 10.0 Å². The number of sulfonamides is 1. The second-order valence-corrected chi connectivity index (χ2v) is 8.09. The highest BCUT2D eigenvalue weighted by molar-refractivity contribution is 7.90. The zero-order chi connectivity index (χ0) is 14.2. The Kier molecular flexibility index (Phi) is 3.62. The van der Waals surface area contributed by atoms with E-state index in [0.29, 0.717) is 6.54 Å². The van der Waals surface area contributed by atoms with Crippen molar-refractivity contribution >= 4 is 21.4 Å². The summed E-state index contributed by atoms with van der Waals surface area (Å²) in [5, 5.41) is 0.757. The Bertz CT molecular complexity index is 704. The number of aromatic nitrogens is 1. The van der Waals surface area contributed by atoms with Gasteiger partial charge in [0.15, 0.2) is 0 Å². The lowest BCUT2D eigenvalue weighted by molar-refractivity contribution is 0.580. The minimum atomic E-state index is -3.13. The summed E-state index contributed by atoms with van der Waals surface area (Å²) in [6, 6.07) is 9.94. The molecule has 0 bridgehead atoms. The lowest BCUT2D eigenvalue weighted by Crippen LogP contribution is -2.26. The van der Waals surface area contributed by atoms with E-state index in [1.165, 1.54) is 0 Å². The molecular weight excluding hydrogens is 292 g/mol. The van der Waals surface area contributed by atoms with Crippen LogP contribution in [0.4, 0.5) is 0 Å². The van der Waals surface area contributed by atoms with Gasteiger partial charge in [-0.3, -0.25) is 0 Å². The highest BCUT2D eigenvalue weighted by atomic mass is 32.2. The fourth-order valence-corrected chi connectivity index (χ4v) is 4.40. The van der Waals surface area contributed by atoms with E-state index in [2.05, 4.69) is 9.71 Å². The average molecular weight is 308 g/mol. The monoisotopic (exact) mass is 308 g/mol. The highest BCUT2D eigenvalue weighted by Gasteiger charge is 2.35. The van der Waals surface area contributed by atoms with Gasteiger partial charge in [0.1, 0.15) is 5.01 Å². The molecular formula is C14H16N2O2S2. The van der Waals surface area contributed by atoms with E-state index in [-0.39, 0.29) is 5.25 Å². The van der Waals surface area contributed by atoms with Crippen LogP contribution in [0.25, 0.3) is 10.6 Å². The summed E-state index contributed by atoms with van der Waals surface area (Å²) < 4.78 is 26.3. The molecule has 1 aromatic heterocycles. The van der Waals surface area contributed by atoms with Gasteiger partial charge >= 0.3 is 0 Å². The van der Waals surface area contributed by atoms with E-state index in [1.54, 1.807) is 11.3 Å². The third kappa shape index (κ3) is 2.92. The molecule has 2 aromatic rings. The van der Waals surface area contributed by atoms with Crippen molar-refractivity contribution in [3.8, 4) is 10.6 Å².